The van der Waals surface area contributed by atoms with Crippen molar-refractivity contribution in [2.24, 2.45) is 0 Å². The molecular weight excluding hydrogens is 359 g/mol. The fourth-order valence-corrected chi connectivity index (χ4v) is 5.51. The molecule has 4 aromatic carbocycles. The Hall–Kier alpha value is -2.91. The molecule has 2 heterocycles. The van der Waals surface area contributed by atoms with Crippen LogP contribution in [0.4, 0.5) is 0 Å². The second-order valence-electron chi connectivity index (χ2n) is 7.47. The molecule has 0 saturated carbocycles. The van der Waals surface area contributed by atoms with Crippen molar-refractivity contribution < 1.29 is 4.74 Å². The number of ether oxygens (including phenoxy) is 1. The quantitative estimate of drug-likeness (QED) is 0.383. The number of fused-ring (bicyclic) bond motifs is 4. The predicted molar refractivity (Wildman–Crippen MR) is 118 cm³/mol. The van der Waals surface area contributed by atoms with Gasteiger partial charge in [0.2, 0.25) is 0 Å². The first-order valence-electron chi connectivity index (χ1n) is 9.56. The summed E-state index contributed by atoms with van der Waals surface area (Å²) in [5.74, 6) is 1.95. The molecule has 0 atom stereocenters. The molecular formula is C25H17BOS. The summed E-state index contributed by atoms with van der Waals surface area (Å²) in [4.78, 5) is 2.65. The molecule has 0 aliphatic carbocycles. The third-order valence-electron chi connectivity index (χ3n) is 5.66. The SMILES string of the molecule is Cc1ccc2c(c1)B1c3cc(-c4ccccc4)ccc3Oc3cccc(c31)S2. The molecule has 0 N–H and O–H groups in total. The third kappa shape index (κ3) is 2.36. The maximum absolute atomic E-state index is 6.35. The largest absolute Gasteiger partial charge is 0.458 e. The van der Waals surface area contributed by atoms with E-state index in [0.717, 1.165) is 11.5 Å². The van der Waals surface area contributed by atoms with Crippen molar-refractivity contribution in [1.82, 2.24) is 0 Å². The number of hydrogen-bond donors (Lipinski definition) is 0. The van der Waals surface area contributed by atoms with E-state index >= 15 is 0 Å². The van der Waals surface area contributed by atoms with Gasteiger partial charge in [-0.15, -0.1) is 0 Å². The lowest BCUT2D eigenvalue weighted by Gasteiger charge is -2.33. The summed E-state index contributed by atoms with van der Waals surface area (Å²) in [6.07, 6.45) is 0. The van der Waals surface area contributed by atoms with Crippen molar-refractivity contribution in [3.8, 4) is 22.6 Å². The van der Waals surface area contributed by atoms with Gasteiger partial charge in [-0.25, -0.2) is 0 Å². The maximum Gasteiger partial charge on any atom is 0.253 e. The first kappa shape index (κ1) is 16.1. The van der Waals surface area contributed by atoms with Gasteiger partial charge in [-0.2, -0.15) is 0 Å². The van der Waals surface area contributed by atoms with Crippen molar-refractivity contribution in [2.45, 2.75) is 16.7 Å². The fraction of sp³-hybridized carbons (Fsp3) is 0.0400. The van der Waals surface area contributed by atoms with Crippen LogP contribution in [0.1, 0.15) is 5.56 Å². The number of rotatable bonds is 1. The van der Waals surface area contributed by atoms with E-state index in [2.05, 4.69) is 91.9 Å². The number of aryl methyl sites for hydroxylation is 1. The smallest absolute Gasteiger partial charge is 0.253 e. The van der Waals surface area contributed by atoms with Crippen LogP contribution in [0.25, 0.3) is 11.1 Å². The third-order valence-corrected chi connectivity index (χ3v) is 6.83. The molecule has 6 rings (SSSR count). The second-order valence-corrected chi connectivity index (χ2v) is 8.55. The van der Waals surface area contributed by atoms with Gasteiger partial charge in [-0.05, 0) is 53.2 Å². The minimum Gasteiger partial charge on any atom is -0.458 e. The fourth-order valence-electron chi connectivity index (χ4n) is 4.37. The molecule has 2 aliphatic heterocycles. The highest BCUT2D eigenvalue weighted by molar-refractivity contribution is 8.00. The van der Waals surface area contributed by atoms with Crippen molar-refractivity contribution in [3.63, 3.8) is 0 Å². The van der Waals surface area contributed by atoms with Crippen LogP contribution in [0.15, 0.2) is 94.7 Å². The van der Waals surface area contributed by atoms with Crippen molar-refractivity contribution in [3.05, 3.63) is 90.5 Å². The Morgan fingerprint density at radius 3 is 2.46 bits per heavy atom. The Morgan fingerprint density at radius 1 is 0.679 bits per heavy atom. The lowest BCUT2D eigenvalue weighted by molar-refractivity contribution is 0.486. The van der Waals surface area contributed by atoms with Crippen molar-refractivity contribution in [2.75, 3.05) is 0 Å². The molecule has 0 spiro atoms. The Balaban J connectivity index is 1.62. The molecule has 2 aliphatic rings. The van der Waals surface area contributed by atoms with Crippen LogP contribution >= 0.6 is 11.8 Å². The van der Waals surface area contributed by atoms with E-state index in [0.29, 0.717) is 0 Å². The van der Waals surface area contributed by atoms with E-state index in [9.17, 15) is 0 Å². The predicted octanol–water partition coefficient (Wildman–Crippen LogP) is 4.75. The van der Waals surface area contributed by atoms with Crippen LogP contribution in [0.3, 0.4) is 0 Å². The molecule has 0 saturated heterocycles. The zero-order chi connectivity index (χ0) is 18.7. The van der Waals surface area contributed by atoms with Crippen LogP contribution < -0.4 is 21.1 Å². The zero-order valence-electron chi connectivity index (χ0n) is 15.5. The average molecular weight is 376 g/mol. The van der Waals surface area contributed by atoms with E-state index in [1.807, 2.05) is 11.8 Å². The minimum absolute atomic E-state index is 0.217. The van der Waals surface area contributed by atoms with E-state index in [4.69, 9.17) is 4.74 Å². The summed E-state index contributed by atoms with van der Waals surface area (Å²) >= 11 is 1.85. The second kappa shape index (κ2) is 6.05. The first-order chi connectivity index (χ1) is 13.8. The van der Waals surface area contributed by atoms with Crippen LogP contribution in [0, 0.1) is 6.92 Å². The van der Waals surface area contributed by atoms with Crippen LogP contribution in [0.2, 0.25) is 0 Å². The maximum atomic E-state index is 6.35. The zero-order valence-corrected chi connectivity index (χ0v) is 16.3. The van der Waals surface area contributed by atoms with Crippen molar-refractivity contribution in [1.29, 1.82) is 0 Å². The van der Waals surface area contributed by atoms with Gasteiger partial charge in [0, 0.05) is 9.79 Å². The van der Waals surface area contributed by atoms with Gasteiger partial charge < -0.3 is 4.74 Å². The Bertz CT molecular complexity index is 1220. The molecule has 132 valence electrons. The van der Waals surface area contributed by atoms with E-state index < -0.39 is 0 Å². The van der Waals surface area contributed by atoms with Gasteiger partial charge in [-0.1, -0.05) is 83.5 Å². The first-order valence-corrected chi connectivity index (χ1v) is 10.4. The molecule has 1 nitrogen and oxygen atoms in total. The summed E-state index contributed by atoms with van der Waals surface area (Å²) in [5, 5.41) is 0. The van der Waals surface area contributed by atoms with E-state index in [-0.39, 0.29) is 6.71 Å². The monoisotopic (exact) mass is 376 g/mol. The van der Waals surface area contributed by atoms with E-state index in [1.54, 1.807) is 0 Å². The summed E-state index contributed by atoms with van der Waals surface area (Å²) in [7, 11) is 0. The number of benzene rings is 4. The highest BCUT2D eigenvalue weighted by Crippen LogP contribution is 2.37. The highest BCUT2D eigenvalue weighted by atomic mass is 32.2. The molecule has 0 amide bonds. The number of hydrogen-bond acceptors (Lipinski definition) is 2. The van der Waals surface area contributed by atoms with E-state index in [1.165, 1.54) is 42.9 Å². The Labute approximate surface area is 169 Å². The molecule has 4 aromatic rings. The lowest BCUT2D eigenvalue weighted by Crippen LogP contribution is -2.57. The summed E-state index contributed by atoms with van der Waals surface area (Å²) < 4.78 is 6.35. The molecule has 0 fully saturated rings. The molecule has 0 radical (unpaired) electrons. The summed E-state index contributed by atoms with van der Waals surface area (Å²) in [6, 6.07) is 30.4. The lowest BCUT2D eigenvalue weighted by atomic mass is 9.35. The van der Waals surface area contributed by atoms with Gasteiger partial charge in [0.05, 0.1) is 0 Å². The van der Waals surface area contributed by atoms with Gasteiger partial charge in [0.15, 0.2) is 0 Å². The minimum atomic E-state index is 0.217. The van der Waals surface area contributed by atoms with Crippen LogP contribution in [-0.4, -0.2) is 6.71 Å². The molecule has 0 bridgehead atoms. The highest BCUT2D eigenvalue weighted by Gasteiger charge is 2.38. The normalized spacial score (nSPS) is 13.2. The average Bonchev–Trinajstić information content (AvgIpc) is 2.74. The van der Waals surface area contributed by atoms with Crippen LogP contribution in [-0.2, 0) is 0 Å². The van der Waals surface area contributed by atoms with Gasteiger partial charge in [0.25, 0.3) is 6.71 Å². The van der Waals surface area contributed by atoms with Gasteiger partial charge in [-0.3, -0.25) is 0 Å². The summed E-state index contributed by atoms with van der Waals surface area (Å²) in [5.41, 5.74) is 7.72. The van der Waals surface area contributed by atoms with Gasteiger partial charge >= 0.3 is 0 Å². The molecule has 28 heavy (non-hydrogen) atoms. The van der Waals surface area contributed by atoms with Crippen molar-refractivity contribution >= 4 is 34.9 Å². The molecule has 0 unspecified atom stereocenters. The van der Waals surface area contributed by atoms with Crippen LogP contribution in [0.5, 0.6) is 11.5 Å². The Kier molecular flexibility index (Phi) is 3.47. The topological polar surface area (TPSA) is 9.23 Å². The van der Waals surface area contributed by atoms with Gasteiger partial charge in [0.1, 0.15) is 11.5 Å². The summed E-state index contributed by atoms with van der Waals surface area (Å²) in [6.45, 7) is 2.39. The molecule has 0 aromatic heterocycles. The Morgan fingerprint density at radius 2 is 1.57 bits per heavy atom. The molecule has 3 heteroatoms. The standard InChI is InChI=1S/C25H17BOS/c1-16-10-13-23-20(14-16)26-19-15-18(17-6-3-2-4-7-17)11-12-21(19)27-22-8-5-9-24(28-23)25(22)26/h2-15H,1H3.